The molecule has 94 valence electrons. The molecule has 3 nitrogen and oxygen atoms in total. The van der Waals surface area contributed by atoms with Crippen LogP contribution in [-0.4, -0.2) is 30.0 Å². The number of hydrogen-bond donors (Lipinski definition) is 2. The molecule has 3 heteroatoms. The Hall–Kier alpha value is -1.32. The maximum absolute atomic E-state index is 3.76. The molecule has 1 atom stereocenters. The summed E-state index contributed by atoms with van der Waals surface area (Å²) in [5.74, 6) is 0. The number of rotatable bonds is 0. The van der Waals surface area contributed by atoms with E-state index in [-0.39, 0.29) is 5.66 Å². The molecule has 2 aliphatic rings. The lowest BCUT2D eigenvalue weighted by atomic mass is 9.92. The van der Waals surface area contributed by atoms with Crippen LogP contribution in [0.15, 0.2) is 24.3 Å². The summed E-state index contributed by atoms with van der Waals surface area (Å²) < 4.78 is 0. The van der Waals surface area contributed by atoms with Gasteiger partial charge in [-0.2, -0.15) is 0 Å². The molecule has 18 heavy (non-hydrogen) atoms. The number of nitrogens with one attached hydrogen (secondary N) is 2. The fourth-order valence-corrected chi connectivity index (χ4v) is 3.79. The zero-order valence-electron chi connectivity index (χ0n) is 10.8. The molecule has 2 aliphatic heterocycles. The molecule has 1 aromatic carbocycles. The van der Waals surface area contributed by atoms with E-state index >= 15 is 0 Å². The lowest BCUT2D eigenvalue weighted by molar-refractivity contribution is 0.115. The molecule has 1 unspecified atom stereocenters. The van der Waals surface area contributed by atoms with Crippen LogP contribution in [0, 0.1) is 0 Å². The van der Waals surface area contributed by atoms with E-state index in [2.05, 4.69) is 46.5 Å². The molecule has 0 bridgehead atoms. The van der Waals surface area contributed by atoms with Crippen molar-refractivity contribution in [1.82, 2.24) is 15.2 Å². The second-order valence-corrected chi connectivity index (χ2v) is 5.59. The van der Waals surface area contributed by atoms with Crippen molar-refractivity contribution >= 4 is 10.9 Å². The highest BCUT2D eigenvalue weighted by Gasteiger charge is 2.44. The van der Waals surface area contributed by atoms with Crippen molar-refractivity contribution in [3.8, 4) is 0 Å². The van der Waals surface area contributed by atoms with Crippen molar-refractivity contribution in [2.24, 2.45) is 0 Å². The molecule has 2 aromatic rings. The Morgan fingerprint density at radius 1 is 1.28 bits per heavy atom. The molecule has 1 spiro atoms. The average molecular weight is 241 g/mol. The van der Waals surface area contributed by atoms with Crippen molar-refractivity contribution in [2.75, 3.05) is 20.1 Å². The molecule has 4 rings (SSSR count). The van der Waals surface area contributed by atoms with E-state index in [1.807, 2.05) is 0 Å². The van der Waals surface area contributed by atoms with Gasteiger partial charge in [0.15, 0.2) is 0 Å². The van der Waals surface area contributed by atoms with Gasteiger partial charge in [-0.05, 0) is 37.9 Å². The van der Waals surface area contributed by atoms with Gasteiger partial charge in [0.25, 0.3) is 0 Å². The van der Waals surface area contributed by atoms with E-state index in [0.717, 1.165) is 13.0 Å². The minimum Gasteiger partial charge on any atom is -0.355 e. The molecule has 1 aromatic heterocycles. The van der Waals surface area contributed by atoms with Gasteiger partial charge < -0.3 is 4.98 Å². The number of H-pyrrole nitrogens is 1. The Balaban J connectivity index is 1.99. The Bertz CT molecular complexity index is 601. The quantitative estimate of drug-likeness (QED) is 0.741. The minimum absolute atomic E-state index is 0.0621. The molecular formula is C15H19N3. The van der Waals surface area contributed by atoms with Crippen molar-refractivity contribution in [1.29, 1.82) is 0 Å². The minimum atomic E-state index is 0.0621. The first-order valence-corrected chi connectivity index (χ1v) is 6.88. The Morgan fingerprint density at radius 3 is 3.00 bits per heavy atom. The van der Waals surface area contributed by atoms with Crippen LogP contribution >= 0.6 is 0 Å². The smallest absolute Gasteiger partial charge is 0.113 e. The SMILES string of the molecule is CN1CCCC12NCCc1c2[nH]c2ccccc12. The Kier molecular flexibility index (Phi) is 2.11. The average Bonchev–Trinajstić information content (AvgIpc) is 2.94. The second-order valence-electron chi connectivity index (χ2n) is 5.59. The lowest BCUT2D eigenvalue weighted by Gasteiger charge is -2.40. The zero-order chi connectivity index (χ0) is 12.2. The molecular weight excluding hydrogens is 222 g/mol. The molecule has 0 amide bonds. The predicted octanol–water partition coefficient (Wildman–Crippen LogP) is 2.19. The summed E-state index contributed by atoms with van der Waals surface area (Å²) in [4.78, 5) is 6.15. The molecule has 0 aliphatic carbocycles. The zero-order valence-corrected chi connectivity index (χ0v) is 10.8. The Morgan fingerprint density at radius 2 is 2.17 bits per heavy atom. The first-order chi connectivity index (χ1) is 8.81. The van der Waals surface area contributed by atoms with Gasteiger partial charge in [0, 0.05) is 24.0 Å². The first-order valence-electron chi connectivity index (χ1n) is 6.88. The fraction of sp³-hybridized carbons (Fsp3) is 0.467. The number of para-hydroxylation sites is 1. The summed E-state index contributed by atoms with van der Waals surface area (Å²) >= 11 is 0. The van der Waals surface area contributed by atoms with Crippen LogP contribution in [0.4, 0.5) is 0 Å². The highest BCUT2D eigenvalue weighted by molar-refractivity contribution is 5.85. The third-order valence-electron chi connectivity index (χ3n) is 4.70. The highest BCUT2D eigenvalue weighted by Crippen LogP contribution is 2.41. The van der Waals surface area contributed by atoms with Gasteiger partial charge in [0.2, 0.25) is 0 Å². The van der Waals surface area contributed by atoms with Crippen LogP contribution in [0.5, 0.6) is 0 Å². The van der Waals surface area contributed by atoms with Crippen molar-refractivity contribution in [3.63, 3.8) is 0 Å². The molecule has 1 saturated heterocycles. The summed E-state index contributed by atoms with van der Waals surface area (Å²) in [6, 6.07) is 8.70. The van der Waals surface area contributed by atoms with Gasteiger partial charge in [-0.3, -0.25) is 10.2 Å². The van der Waals surface area contributed by atoms with E-state index in [1.165, 1.54) is 41.5 Å². The number of nitrogens with zero attached hydrogens (tertiary/aromatic N) is 1. The summed E-state index contributed by atoms with van der Waals surface area (Å²) in [5, 5.41) is 5.17. The van der Waals surface area contributed by atoms with Crippen molar-refractivity contribution in [3.05, 3.63) is 35.5 Å². The fourth-order valence-electron chi connectivity index (χ4n) is 3.79. The number of aromatic amines is 1. The van der Waals surface area contributed by atoms with E-state index in [0.29, 0.717) is 0 Å². The molecule has 0 saturated carbocycles. The second kappa shape index (κ2) is 3.59. The predicted molar refractivity (Wildman–Crippen MR) is 73.5 cm³/mol. The maximum Gasteiger partial charge on any atom is 0.113 e. The number of likely N-dealkylation sites (tertiary alicyclic amines) is 1. The largest absolute Gasteiger partial charge is 0.355 e. The molecule has 3 heterocycles. The number of aromatic nitrogens is 1. The number of hydrogen-bond acceptors (Lipinski definition) is 2. The summed E-state index contributed by atoms with van der Waals surface area (Å²) in [5.41, 5.74) is 4.28. The summed E-state index contributed by atoms with van der Waals surface area (Å²) in [6.07, 6.45) is 3.62. The van der Waals surface area contributed by atoms with Crippen LogP contribution in [0.2, 0.25) is 0 Å². The van der Waals surface area contributed by atoms with Gasteiger partial charge in [-0.1, -0.05) is 18.2 Å². The monoisotopic (exact) mass is 241 g/mol. The van der Waals surface area contributed by atoms with E-state index in [4.69, 9.17) is 0 Å². The van der Waals surface area contributed by atoms with Gasteiger partial charge in [-0.25, -0.2) is 0 Å². The van der Waals surface area contributed by atoms with Crippen molar-refractivity contribution < 1.29 is 0 Å². The van der Waals surface area contributed by atoms with Gasteiger partial charge in [0.05, 0.1) is 5.69 Å². The molecule has 2 N–H and O–H groups in total. The topological polar surface area (TPSA) is 31.1 Å². The number of benzene rings is 1. The molecule has 1 fully saturated rings. The van der Waals surface area contributed by atoms with Crippen molar-refractivity contribution in [2.45, 2.75) is 24.9 Å². The number of fused-ring (bicyclic) bond motifs is 4. The maximum atomic E-state index is 3.76. The third-order valence-corrected chi connectivity index (χ3v) is 4.70. The van der Waals surface area contributed by atoms with Gasteiger partial charge in [0.1, 0.15) is 5.66 Å². The highest BCUT2D eigenvalue weighted by atomic mass is 15.3. The van der Waals surface area contributed by atoms with Crippen LogP contribution in [0.25, 0.3) is 10.9 Å². The molecule has 0 radical (unpaired) electrons. The summed E-state index contributed by atoms with van der Waals surface area (Å²) in [6.45, 7) is 2.26. The third kappa shape index (κ3) is 1.21. The van der Waals surface area contributed by atoms with E-state index in [9.17, 15) is 0 Å². The summed E-state index contributed by atoms with van der Waals surface area (Å²) in [7, 11) is 2.24. The van der Waals surface area contributed by atoms with Crippen LogP contribution in [0.1, 0.15) is 24.1 Å². The van der Waals surface area contributed by atoms with Gasteiger partial charge in [-0.15, -0.1) is 0 Å². The first kappa shape index (κ1) is 10.6. The van der Waals surface area contributed by atoms with Gasteiger partial charge >= 0.3 is 0 Å². The lowest BCUT2D eigenvalue weighted by Crippen LogP contribution is -2.54. The van der Waals surface area contributed by atoms with Crippen LogP contribution in [0.3, 0.4) is 0 Å². The normalized spacial score (nSPS) is 28.1. The van der Waals surface area contributed by atoms with E-state index in [1.54, 1.807) is 0 Å². The standard InChI is InChI=1S/C15H19N3/c1-18-10-4-8-15(18)14-12(7-9-16-15)11-5-2-3-6-13(11)17-14/h2-3,5-6,16-17H,4,7-10H2,1H3. The Labute approximate surface area is 107 Å². The van der Waals surface area contributed by atoms with Crippen LogP contribution in [-0.2, 0) is 12.1 Å². The van der Waals surface area contributed by atoms with Crippen LogP contribution < -0.4 is 5.32 Å². The van der Waals surface area contributed by atoms with E-state index < -0.39 is 0 Å².